The Morgan fingerprint density at radius 1 is 0.906 bits per heavy atom. The van der Waals surface area contributed by atoms with Crippen molar-refractivity contribution in [1.82, 2.24) is 0 Å². The third-order valence-corrected chi connectivity index (χ3v) is 8.24. The predicted molar refractivity (Wildman–Crippen MR) is 142 cm³/mol. The van der Waals surface area contributed by atoms with Crippen molar-refractivity contribution in [1.29, 1.82) is 0 Å². The first kappa shape index (κ1) is 24.3. The highest BCUT2D eigenvalue weighted by Crippen LogP contribution is 2.52. The van der Waals surface area contributed by atoms with Gasteiger partial charge >= 0.3 is 0 Å². The van der Waals surface area contributed by atoms with E-state index in [1.165, 1.54) is 33.2 Å². The first-order valence-electron chi connectivity index (χ1n) is 11.7. The molecule has 0 spiro atoms. The second-order valence-corrected chi connectivity index (χ2v) is 10.7. The molecule has 0 aliphatic heterocycles. The second kappa shape index (κ2) is 11.0. The molecule has 0 amide bonds. The predicted octanol–water partition coefficient (Wildman–Crippen LogP) is 7.36. The normalized spacial score (nSPS) is 13.3. The number of nitrogens with zero attached hydrogens (tertiary/aromatic N) is 1. The Morgan fingerprint density at radius 3 is 2.25 bits per heavy atom. The van der Waals surface area contributed by atoms with E-state index in [9.17, 15) is 0 Å². The van der Waals surface area contributed by atoms with Crippen molar-refractivity contribution in [3.8, 4) is 5.75 Å². The van der Waals surface area contributed by atoms with E-state index in [0.29, 0.717) is 15.2 Å². The summed E-state index contributed by atoms with van der Waals surface area (Å²) in [6.07, 6.45) is 3.38. The van der Waals surface area contributed by atoms with Crippen molar-refractivity contribution in [2.45, 2.75) is 58.7 Å². The average Bonchev–Trinajstić information content (AvgIpc) is 2.78. The smallest absolute Gasteiger partial charge is 0.126 e. The molecule has 0 bridgehead atoms. The molecule has 0 radical (unpaired) electrons. The molecule has 32 heavy (non-hydrogen) atoms. The third kappa shape index (κ3) is 5.54. The molecule has 2 unspecified atom stereocenters. The summed E-state index contributed by atoms with van der Waals surface area (Å²) in [5, 5.41) is 1.49. The number of benzene rings is 3. The maximum atomic E-state index is 6.57. The van der Waals surface area contributed by atoms with Crippen molar-refractivity contribution in [3.63, 3.8) is 0 Å². The Labute approximate surface area is 196 Å². The third-order valence-electron chi connectivity index (χ3n) is 6.20. The highest BCUT2D eigenvalue weighted by molar-refractivity contribution is 7.49. The van der Waals surface area contributed by atoms with Crippen LogP contribution in [-0.4, -0.2) is 14.1 Å². The number of hydrogen-bond donors (Lipinski definition) is 0. The summed E-state index contributed by atoms with van der Waals surface area (Å²) in [7, 11) is 4.96. The van der Waals surface area contributed by atoms with Crippen LogP contribution in [-0.2, 0) is 11.8 Å². The van der Waals surface area contributed by atoms with E-state index >= 15 is 0 Å². The molecule has 3 heteroatoms. The molecule has 3 aromatic rings. The molecule has 3 aromatic carbocycles. The monoisotopic (exact) mass is 447 g/mol. The molecule has 2 atom stereocenters. The van der Waals surface area contributed by atoms with Crippen molar-refractivity contribution < 1.29 is 4.74 Å². The van der Waals surface area contributed by atoms with Crippen LogP contribution in [0.1, 0.15) is 55.4 Å². The largest absolute Gasteiger partial charge is 0.488 e. The van der Waals surface area contributed by atoms with E-state index in [2.05, 4.69) is 113 Å². The molecule has 3 rings (SSSR count). The first-order valence-corrected chi connectivity index (χ1v) is 12.7. The van der Waals surface area contributed by atoms with Crippen molar-refractivity contribution in [2.75, 3.05) is 19.0 Å². The average molecular weight is 448 g/mol. The van der Waals surface area contributed by atoms with Gasteiger partial charge < -0.3 is 9.64 Å². The molecule has 0 N–H and O–H groups in total. The van der Waals surface area contributed by atoms with E-state index in [1.54, 1.807) is 0 Å². The Hall–Kier alpha value is -2.31. The van der Waals surface area contributed by atoms with Crippen LogP contribution in [0.3, 0.4) is 0 Å². The molecule has 0 aromatic heterocycles. The number of anilines is 1. The maximum absolute atomic E-state index is 6.57. The van der Waals surface area contributed by atoms with Gasteiger partial charge in [0.25, 0.3) is 0 Å². The van der Waals surface area contributed by atoms with Gasteiger partial charge in [0.05, 0.1) is 0 Å². The van der Waals surface area contributed by atoms with Crippen LogP contribution in [0.25, 0.3) is 0 Å². The Morgan fingerprint density at radius 2 is 1.59 bits per heavy atom. The van der Waals surface area contributed by atoms with Crippen LogP contribution in [0, 0.1) is 13.8 Å². The van der Waals surface area contributed by atoms with E-state index < -0.39 is 0 Å². The van der Waals surface area contributed by atoms with Crippen LogP contribution in [0.5, 0.6) is 5.75 Å². The van der Waals surface area contributed by atoms with Crippen LogP contribution in [0.4, 0.5) is 5.69 Å². The topological polar surface area (TPSA) is 12.5 Å². The molecule has 0 heterocycles. The van der Waals surface area contributed by atoms with Crippen LogP contribution < -0.4 is 14.9 Å². The SMILES string of the molecule is CCCC(CC)(Pc1ccccc1N(C)C)c1cc(C)cc(C)c1OCc1ccccc1. The zero-order chi connectivity index (χ0) is 23.1. The molecule has 0 saturated heterocycles. The summed E-state index contributed by atoms with van der Waals surface area (Å²) in [5.74, 6) is 1.07. The van der Waals surface area contributed by atoms with Gasteiger partial charge in [0.1, 0.15) is 12.4 Å². The van der Waals surface area contributed by atoms with Gasteiger partial charge in [-0.15, -0.1) is 0 Å². The molecule has 0 aliphatic carbocycles. The zero-order valence-electron chi connectivity index (χ0n) is 20.5. The molecule has 0 aliphatic rings. The Bertz CT molecular complexity index is 1010. The first-order chi connectivity index (χ1) is 15.4. The minimum atomic E-state index is 0.0592. The Kier molecular flexibility index (Phi) is 8.38. The molecule has 0 fully saturated rings. The molecule has 170 valence electrons. The van der Waals surface area contributed by atoms with Crippen molar-refractivity contribution >= 4 is 19.6 Å². The van der Waals surface area contributed by atoms with E-state index in [1.807, 2.05) is 0 Å². The van der Waals surface area contributed by atoms with Crippen LogP contribution in [0.15, 0.2) is 66.7 Å². The standard InChI is InChI=1S/C29H38NOP/c1-7-18-29(8-2,32-27-17-13-12-16-26(27)30(5)6)25-20-22(3)19-23(4)28(25)31-21-24-14-10-9-11-15-24/h9-17,19-20,32H,7-8,18,21H2,1-6H3. The molecule has 0 saturated carbocycles. The molecular weight excluding hydrogens is 409 g/mol. The fourth-order valence-corrected chi connectivity index (χ4v) is 6.61. The van der Waals surface area contributed by atoms with E-state index in [-0.39, 0.29) is 5.16 Å². The fourth-order valence-electron chi connectivity index (χ4n) is 4.61. The van der Waals surface area contributed by atoms with Gasteiger partial charge in [0, 0.05) is 30.5 Å². The number of para-hydroxylation sites is 1. The summed E-state index contributed by atoms with van der Waals surface area (Å²) < 4.78 is 6.57. The van der Waals surface area contributed by atoms with Gasteiger partial charge in [-0.05, 0) is 49.2 Å². The lowest BCUT2D eigenvalue weighted by atomic mass is 9.87. The van der Waals surface area contributed by atoms with E-state index in [4.69, 9.17) is 4.74 Å². The van der Waals surface area contributed by atoms with Crippen molar-refractivity contribution in [3.05, 3.63) is 89.0 Å². The maximum Gasteiger partial charge on any atom is 0.126 e. The summed E-state index contributed by atoms with van der Waals surface area (Å²) in [6.45, 7) is 9.65. The van der Waals surface area contributed by atoms with Gasteiger partial charge in [-0.2, -0.15) is 0 Å². The highest BCUT2D eigenvalue weighted by Gasteiger charge is 2.34. The number of rotatable bonds is 10. The molecule has 2 nitrogen and oxygen atoms in total. The summed E-state index contributed by atoms with van der Waals surface area (Å²) in [4.78, 5) is 2.24. The number of hydrogen-bond acceptors (Lipinski definition) is 2. The zero-order valence-corrected chi connectivity index (χ0v) is 21.5. The summed E-state index contributed by atoms with van der Waals surface area (Å²) >= 11 is 0. The van der Waals surface area contributed by atoms with Crippen molar-refractivity contribution in [2.24, 2.45) is 0 Å². The van der Waals surface area contributed by atoms with Gasteiger partial charge in [-0.25, -0.2) is 0 Å². The number of aryl methyl sites for hydroxylation is 2. The lowest BCUT2D eigenvalue weighted by Gasteiger charge is -2.37. The minimum Gasteiger partial charge on any atom is -0.488 e. The van der Waals surface area contributed by atoms with Gasteiger partial charge in [-0.1, -0.05) is 95.1 Å². The Balaban J connectivity index is 2.09. The lowest BCUT2D eigenvalue weighted by Crippen LogP contribution is -2.26. The van der Waals surface area contributed by atoms with E-state index in [0.717, 1.165) is 25.0 Å². The second-order valence-electron chi connectivity index (χ2n) is 8.96. The van der Waals surface area contributed by atoms with Gasteiger partial charge in [-0.3, -0.25) is 0 Å². The minimum absolute atomic E-state index is 0.0592. The van der Waals surface area contributed by atoms with Gasteiger partial charge in [0.15, 0.2) is 0 Å². The molecular formula is C29H38NOP. The lowest BCUT2D eigenvalue weighted by molar-refractivity contribution is 0.295. The highest BCUT2D eigenvalue weighted by atomic mass is 31.1. The number of ether oxygens (including phenoxy) is 1. The van der Waals surface area contributed by atoms with Crippen LogP contribution in [0.2, 0.25) is 0 Å². The van der Waals surface area contributed by atoms with Gasteiger partial charge in [0.2, 0.25) is 0 Å². The quantitative estimate of drug-likeness (QED) is 0.301. The summed E-state index contributed by atoms with van der Waals surface area (Å²) in [6, 6.07) is 24.0. The fraction of sp³-hybridized carbons (Fsp3) is 0.379. The summed E-state index contributed by atoms with van der Waals surface area (Å²) in [5.41, 5.74) is 6.44. The van der Waals surface area contributed by atoms with Crippen LogP contribution >= 0.6 is 8.58 Å².